The molecule has 0 fully saturated rings. The molecule has 0 saturated heterocycles. The Morgan fingerprint density at radius 2 is 2.08 bits per heavy atom. The van der Waals surface area contributed by atoms with E-state index < -0.39 is 11.8 Å². The lowest BCUT2D eigenvalue weighted by molar-refractivity contribution is 0.0522. The van der Waals surface area contributed by atoms with Gasteiger partial charge in [0.05, 0.1) is 6.61 Å². The number of hydrogen-bond donors (Lipinski definition) is 0. The van der Waals surface area contributed by atoms with Crippen LogP contribution in [0.15, 0.2) is 37.0 Å². The summed E-state index contributed by atoms with van der Waals surface area (Å²) in [5.41, 5.74) is 0.738. The summed E-state index contributed by atoms with van der Waals surface area (Å²) in [5, 5.41) is 0. The van der Waals surface area contributed by atoms with Crippen molar-refractivity contribution in [2.24, 2.45) is 0 Å². The van der Waals surface area contributed by atoms with E-state index in [1.807, 2.05) is 0 Å². The first-order chi connectivity index (χ1) is 11.5. The molecule has 0 aliphatic rings. The molecule has 2 rings (SSSR count). The minimum atomic E-state index is -0.733. The molecule has 124 valence electrons. The lowest BCUT2D eigenvalue weighted by atomic mass is 10.1. The van der Waals surface area contributed by atoms with Crippen LogP contribution in [-0.2, 0) is 4.74 Å². The largest absolute Gasteiger partial charge is 0.462 e. The molecule has 1 aromatic heterocycles. The third-order valence-electron chi connectivity index (χ3n) is 3.19. The number of esters is 1. The molecular weight excluding hydrogens is 313 g/mol. The van der Waals surface area contributed by atoms with E-state index in [0.717, 1.165) is 6.07 Å². The average Bonchev–Trinajstić information content (AvgIpc) is 2.56. The van der Waals surface area contributed by atoms with Crippen molar-refractivity contribution in [3.05, 3.63) is 59.5 Å². The van der Waals surface area contributed by atoms with Gasteiger partial charge in [-0.3, -0.25) is 4.79 Å². The van der Waals surface area contributed by atoms with Crippen molar-refractivity contribution in [2.45, 2.75) is 13.8 Å². The summed E-state index contributed by atoms with van der Waals surface area (Å²) >= 11 is 0. The second kappa shape index (κ2) is 7.50. The maximum atomic E-state index is 14.1. The van der Waals surface area contributed by atoms with Gasteiger partial charge in [0, 0.05) is 11.8 Å². The molecule has 0 bridgehead atoms. The summed E-state index contributed by atoms with van der Waals surface area (Å²) in [4.78, 5) is 27.4. The Morgan fingerprint density at radius 1 is 1.33 bits per heavy atom. The maximum Gasteiger partial charge on any atom is 0.344 e. The van der Waals surface area contributed by atoms with E-state index in [4.69, 9.17) is 9.47 Å². The molecule has 0 aliphatic heterocycles. The lowest BCUT2D eigenvalue weighted by Crippen LogP contribution is -2.10. The molecule has 2 aromatic rings. The van der Waals surface area contributed by atoms with Gasteiger partial charge in [-0.25, -0.2) is 14.2 Å². The van der Waals surface area contributed by atoms with Gasteiger partial charge in [-0.05, 0) is 43.7 Å². The van der Waals surface area contributed by atoms with E-state index >= 15 is 0 Å². The van der Waals surface area contributed by atoms with Gasteiger partial charge in [0.15, 0.2) is 17.3 Å². The van der Waals surface area contributed by atoms with Crippen molar-refractivity contribution in [3.8, 4) is 11.6 Å². The van der Waals surface area contributed by atoms with Crippen LogP contribution in [0, 0.1) is 5.82 Å². The second-order valence-corrected chi connectivity index (χ2v) is 4.81. The van der Waals surface area contributed by atoms with E-state index in [1.54, 1.807) is 13.0 Å². The summed E-state index contributed by atoms with van der Waals surface area (Å²) in [6.45, 7) is 6.81. The van der Waals surface area contributed by atoms with E-state index in [0.29, 0.717) is 5.56 Å². The van der Waals surface area contributed by atoms with Crippen LogP contribution in [-0.4, -0.2) is 23.3 Å². The summed E-state index contributed by atoms with van der Waals surface area (Å²) in [5.74, 6) is -1.89. The van der Waals surface area contributed by atoms with Crippen LogP contribution in [0.1, 0.15) is 40.1 Å². The van der Waals surface area contributed by atoms with Crippen molar-refractivity contribution in [1.29, 1.82) is 0 Å². The van der Waals surface area contributed by atoms with E-state index in [2.05, 4.69) is 11.6 Å². The molecule has 0 saturated carbocycles. The number of carbonyl (C=O) groups is 2. The van der Waals surface area contributed by atoms with Crippen LogP contribution in [0.5, 0.6) is 11.6 Å². The molecule has 24 heavy (non-hydrogen) atoms. The molecule has 0 aliphatic carbocycles. The second-order valence-electron chi connectivity index (χ2n) is 4.81. The van der Waals surface area contributed by atoms with Gasteiger partial charge < -0.3 is 9.47 Å². The first kappa shape index (κ1) is 17.3. The van der Waals surface area contributed by atoms with Crippen LogP contribution in [0.4, 0.5) is 4.39 Å². The predicted octanol–water partition coefficient (Wildman–Crippen LogP) is 4.04. The van der Waals surface area contributed by atoms with Crippen LogP contribution in [0.3, 0.4) is 0 Å². The number of halogens is 1. The monoisotopic (exact) mass is 329 g/mol. The zero-order valence-corrected chi connectivity index (χ0v) is 13.3. The molecule has 1 heterocycles. The molecular formula is C18H16FNO4. The number of ether oxygens (including phenoxy) is 2. The fourth-order valence-electron chi connectivity index (χ4n) is 2.02. The summed E-state index contributed by atoms with van der Waals surface area (Å²) in [7, 11) is 0. The van der Waals surface area contributed by atoms with Crippen molar-refractivity contribution in [3.63, 3.8) is 0 Å². The van der Waals surface area contributed by atoms with Crippen molar-refractivity contribution >= 4 is 17.8 Å². The van der Waals surface area contributed by atoms with E-state index in [1.165, 1.54) is 31.3 Å². The maximum absolute atomic E-state index is 14.1. The number of pyridine rings is 1. The Balaban J connectivity index is 2.44. The van der Waals surface area contributed by atoms with Gasteiger partial charge >= 0.3 is 5.97 Å². The van der Waals surface area contributed by atoms with Gasteiger partial charge in [0.25, 0.3) is 0 Å². The van der Waals surface area contributed by atoms with Gasteiger partial charge in [-0.2, -0.15) is 0 Å². The molecule has 5 nitrogen and oxygen atoms in total. The zero-order chi connectivity index (χ0) is 17.7. The van der Waals surface area contributed by atoms with Crippen LogP contribution in [0.25, 0.3) is 6.08 Å². The van der Waals surface area contributed by atoms with Crippen molar-refractivity contribution in [2.75, 3.05) is 6.61 Å². The molecule has 0 spiro atoms. The highest BCUT2D eigenvalue weighted by Crippen LogP contribution is 2.29. The fourth-order valence-corrected chi connectivity index (χ4v) is 2.02. The van der Waals surface area contributed by atoms with Crippen molar-refractivity contribution in [1.82, 2.24) is 4.98 Å². The molecule has 1 aromatic carbocycles. The smallest absolute Gasteiger partial charge is 0.344 e. The molecule has 0 amide bonds. The highest BCUT2D eigenvalue weighted by molar-refractivity contribution is 5.96. The zero-order valence-electron chi connectivity index (χ0n) is 13.3. The third kappa shape index (κ3) is 3.65. The molecule has 0 N–H and O–H groups in total. The minimum absolute atomic E-state index is 0.0596. The topological polar surface area (TPSA) is 65.5 Å². The lowest BCUT2D eigenvalue weighted by Gasteiger charge is -2.12. The number of aromatic nitrogens is 1. The highest BCUT2D eigenvalue weighted by Gasteiger charge is 2.20. The Kier molecular flexibility index (Phi) is 5.42. The summed E-state index contributed by atoms with van der Waals surface area (Å²) < 4.78 is 24.5. The quantitative estimate of drug-likeness (QED) is 0.591. The molecule has 0 atom stereocenters. The summed E-state index contributed by atoms with van der Waals surface area (Å²) in [6, 6.07) is 5.38. The van der Waals surface area contributed by atoms with Crippen LogP contribution < -0.4 is 4.74 Å². The average molecular weight is 329 g/mol. The predicted molar refractivity (Wildman–Crippen MR) is 86.8 cm³/mol. The standard InChI is InChI=1S/C18H16FNO4/c1-4-12-8-9-20-17(16(12)18(22)23-5-2)24-15-7-6-13(11(3)21)10-14(15)19/h4,6-10H,1,5H2,2-3H3. The van der Waals surface area contributed by atoms with E-state index in [-0.39, 0.29) is 35.1 Å². The van der Waals surface area contributed by atoms with Crippen molar-refractivity contribution < 1.29 is 23.5 Å². The Labute approximate surface area is 138 Å². The van der Waals surface area contributed by atoms with E-state index in [9.17, 15) is 14.0 Å². The number of rotatable bonds is 6. The Morgan fingerprint density at radius 3 is 2.67 bits per heavy atom. The number of hydrogen-bond acceptors (Lipinski definition) is 5. The summed E-state index contributed by atoms with van der Waals surface area (Å²) in [6.07, 6.45) is 2.87. The van der Waals surface area contributed by atoms with Crippen LogP contribution >= 0.6 is 0 Å². The Bertz CT molecular complexity index is 802. The first-order valence-electron chi connectivity index (χ1n) is 7.24. The normalized spacial score (nSPS) is 10.1. The highest BCUT2D eigenvalue weighted by atomic mass is 19.1. The van der Waals surface area contributed by atoms with Crippen LogP contribution in [0.2, 0.25) is 0 Å². The van der Waals surface area contributed by atoms with Gasteiger partial charge in [0.1, 0.15) is 5.56 Å². The molecule has 6 heteroatoms. The Hall–Kier alpha value is -3.02. The number of carbonyl (C=O) groups excluding carboxylic acids is 2. The third-order valence-corrected chi connectivity index (χ3v) is 3.19. The SMILES string of the molecule is C=Cc1ccnc(Oc2ccc(C(C)=O)cc2F)c1C(=O)OCC. The molecule has 0 unspecified atom stereocenters. The number of Topliss-reactive ketones (excluding diaryl/α,β-unsaturated/α-hetero) is 1. The molecule has 0 radical (unpaired) electrons. The van der Waals surface area contributed by atoms with Gasteiger partial charge in [-0.1, -0.05) is 12.7 Å². The minimum Gasteiger partial charge on any atom is -0.462 e. The first-order valence-corrected chi connectivity index (χ1v) is 7.24. The van der Waals surface area contributed by atoms with Gasteiger partial charge in [0.2, 0.25) is 5.88 Å². The van der Waals surface area contributed by atoms with Gasteiger partial charge in [-0.15, -0.1) is 0 Å². The number of ketones is 1. The number of nitrogens with zero attached hydrogens (tertiary/aromatic N) is 1. The number of benzene rings is 1. The fraction of sp³-hybridized carbons (Fsp3) is 0.167.